The van der Waals surface area contributed by atoms with Gasteiger partial charge in [-0.3, -0.25) is 4.79 Å². The summed E-state index contributed by atoms with van der Waals surface area (Å²) >= 11 is 0. The molecule has 1 N–H and O–H groups in total. The number of ether oxygens (including phenoxy) is 2. The maximum atomic E-state index is 9.74. The second-order valence-corrected chi connectivity index (χ2v) is 1.87. The van der Waals surface area contributed by atoms with Crippen LogP contribution in [0.5, 0.6) is 0 Å². The molecular weight excluding hydrogens is 134 g/mol. The first kappa shape index (κ1) is 9.39. The molecule has 0 saturated carbocycles. The van der Waals surface area contributed by atoms with E-state index in [4.69, 9.17) is 4.74 Å². The molecule has 1 unspecified atom stereocenters. The van der Waals surface area contributed by atoms with Crippen molar-refractivity contribution in [2.75, 3.05) is 27.4 Å². The summed E-state index contributed by atoms with van der Waals surface area (Å²) in [4.78, 5) is 9.74. The summed E-state index contributed by atoms with van der Waals surface area (Å²) in [6, 6.07) is 0.0928. The molecule has 0 aromatic carbocycles. The lowest BCUT2D eigenvalue weighted by Crippen LogP contribution is -2.34. The molecule has 0 aromatic heterocycles. The van der Waals surface area contributed by atoms with Gasteiger partial charge >= 0.3 is 0 Å². The van der Waals surface area contributed by atoms with Gasteiger partial charge in [0.2, 0.25) is 0 Å². The highest BCUT2D eigenvalue weighted by Crippen LogP contribution is 1.83. The van der Waals surface area contributed by atoms with Gasteiger partial charge in [-0.1, -0.05) is 0 Å². The molecule has 0 bridgehead atoms. The van der Waals surface area contributed by atoms with Crippen LogP contribution >= 0.6 is 0 Å². The van der Waals surface area contributed by atoms with Gasteiger partial charge in [0.25, 0.3) is 6.47 Å². The van der Waals surface area contributed by atoms with Crippen LogP contribution in [0.1, 0.15) is 0 Å². The lowest BCUT2D eigenvalue weighted by Gasteiger charge is -2.12. The molecule has 0 heterocycles. The number of hydrogen-bond acceptors (Lipinski definition) is 4. The number of carbonyl (C=O) groups excluding carboxylic acids is 1. The number of carbonyl (C=O) groups is 1. The smallest absolute Gasteiger partial charge is 0.293 e. The monoisotopic (exact) mass is 147 g/mol. The van der Waals surface area contributed by atoms with E-state index in [0.29, 0.717) is 19.7 Å². The zero-order valence-electron chi connectivity index (χ0n) is 6.29. The fourth-order valence-corrected chi connectivity index (χ4v) is 0.571. The second kappa shape index (κ2) is 6.51. The van der Waals surface area contributed by atoms with E-state index in [1.165, 1.54) is 0 Å². The quantitative estimate of drug-likeness (QED) is 0.509. The topological polar surface area (TPSA) is 47.6 Å². The summed E-state index contributed by atoms with van der Waals surface area (Å²) in [5.74, 6) is 0. The van der Waals surface area contributed by atoms with Crippen molar-refractivity contribution in [1.29, 1.82) is 0 Å². The minimum atomic E-state index is 0.0928. The predicted octanol–water partition coefficient (Wildman–Crippen LogP) is -0.606. The van der Waals surface area contributed by atoms with E-state index in [1.54, 1.807) is 14.2 Å². The van der Waals surface area contributed by atoms with Crippen LogP contribution in [-0.4, -0.2) is 39.9 Å². The van der Waals surface area contributed by atoms with Crippen molar-refractivity contribution in [2.45, 2.75) is 6.04 Å². The molecule has 0 aliphatic heterocycles. The molecule has 4 heteroatoms. The molecule has 0 rings (SSSR count). The molecule has 4 nitrogen and oxygen atoms in total. The van der Waals surface area contributed by atoms with Crippen LogP contribution in [0, 0.1) is 0 Å². The van der Waals surface area contributed by atoms with Gasteiger partial charge in [-0.15, -0.1) is 0 Å². The first-order valence-electron chi connectivity index (χ1n) is 3.06. The van der Waals surface area contributed by atoms with Crippen LogP contribution in [0.25, 0.3) is 0 Å². The van der Waals surface area contributed by atoms with Gasteiger partial charge in [0.05, 0.1) is 12.6 Å². The third kappa shape index (κ3) is 4.29. The molecule has 0 aliphatic rings. The highest BCUT2D eigenvalue weighted by atomic mass is 16.5. The van der Waals surface area contributed by atoms with Gasteiger partial charge in [-0.05, 0) is 7.05 Å². The summed E-state index contributed by atoms with van der Waals surface area (Å²) < 4.78 is 9.35. The Kier molecular flexibility index (Phi) is 6.11. The van der Waals surface area contributed by atoms with Crippen LogP contribution in [0.4, 0.5) is 0 Å². The lowest BCUT2D eigenvalue weighted by molar-refractivity contribution is -0.129. The Morgan fingerprint density at radius 3 is 2.70 bits per heavy atom. The summed E-state index contributed by atoms with van der Waals surface area (Å²) in [5.41, 5.74) is 0. The Bertz CT molecular complexity index is 87.1. The van der Waals surface area contributed by atoms with E-state index in [2.05, 4.69) is 10.1 Å². The number of methoxy groups -OCH3 is 1. The van der Waals surface area contributed by atoms with Gasteiger partial charge in [-0.25, -0.2) is 0 Å². The van der Waals surface area contributed by atoms with E-state index in [9.17, 15) is 4.79 Å². The minimum Gasteiger partial charge on any atom is -0.466 e. The molecule has 0 saturated heterocycles. The average molecular weight is 147 g/mol. The van der Waals surface area contributed by atoms with Crippen molar-refractivity contribution in [3.8, 4) is 0 Å². The van der Waals surface area contributed by atoms with Gasteiger partial charge < -0.3 is 14.8 Å². The molecule has 60 valence electrons. The second-order valence-electron chi connectivity index (χ2n) is 1.87. The molecule has 0 aliphatic carbocycles. The molecule has 0 amide bonds. The van der Waals surface area contributed by atoms with Crippen molar-refractivity contribution in [1.82, 2.24) is 5.32 Å². The Balaban J connectivity index is 3.29. The fraction of sp³-hybridized carbons (Fsp3) is 0.833. The molecule has 10 heavy (non-hydrogen) atoms. The number of nitrogens with one attached hydrogen (secondary N) is 1. The van der Waals surface area contributed by atoms with Crippen LogP contribution in [-0.2, 0) is 14.3 Å². The van der Waals surface area contributed by atoms with Crippen LogP contribution in [0.2, 0.25) is 0 Å². The normalized spacial score (nSPS) is 12.6. The molecule has 0 spiro atoms. The van der Waals surface area contributed by atoms with Crippen LogP contribution in [0.15, 0.2) is 0 Å². The summed E-state index contributed by atoms with van der Waals surface area (Å²) in [7, 11) is 3.39. The maximum Gasteiger partial charge on any atom is 0.293 e. The number of rotatable bonds is 6. The predicted molar refractivity (Wildman–Crippen MR) is 36.7 cm³/mol. The third-order valence-corrected chi connectivity index (χ3v) is 1.14. The Hall–Kier alpha value is -0.610. The number of hydrogen-bond donors (Lipinski definition) is 1. The summed E-state index contributed by atoms with van der Waals surface area (Å²) in [6.45, 7) is 1.33. The molecule has 0 fully saturated rings. The van der Waals surface area contributed by atoms with Gasteiger partial charge in [0.15, 0.2) is 0 Å². The van der Waals surface area contributed by atoms with E-state index < -0.39 is 0 Å². The zero-order valence-corrected chi connectivity index (χ0v) is 6.29. The van der Waals surface area contributed by atoms with Crippen molar-refractivity contribution in [2.24, 2.45) is 0 Å². The van der Waals surface area contributed by atoms with E-state index >= 15 is 0 Å². The fourth-order valence-electron chi connectivity index (χ4n) is 0.571. The highest BCUT2D eigenvalue weighted by Gasteiger charge is 2.03. The van der Waals surface area contributed by atoms with E-state index in [1.807, 2.05) is 0 Å². The Morgan fingerprint density at radius 2 is 2.30 bits per heavy atom. The largest absolute Gasteiger partial charge is 0.466 e. The van der Waals surface area contributed by atoms with Gasteiger partial charge in [0.1, 0.15) is 6.61 Å². The van der Waals surface area contributed by atoms with Crippen LogP contribution < -0.4 is 5.32 Å². The van der Waals surface area contributed by atoms with Gasteiger partial charge in [-0.2, -0.15) is 0 Å². The highest BCUT2D eigenvalue weighted by molar-refractivity contribution is 5.36. The lowest BCUT2D eigenvalue weighted by atomic mass is 10.3. The third-order valence-electron chi connectivity index (χ3n) is 1.14. The average Bonchev–Trinajstić information content (AvgIpc) is 1.98. The van der Waals surface area contributed by atoms with Crippen molar-refractivity contribution in [3.05, 3.63) is 0 Å². The molecule has 1 atom stereocenters. The Labute approximate surface area is 60.5 Å². The molecule has 0 aromatic rings. The van der Waals surface area contributed by atoms with Gasteiger partial charge in [0, 0.05) is 7.11 Å². The standard InChI is InChI=1S/C6H13NO3/c1-7-6(3-9-2)4-10-5-8/h5-7H,3-4H2,1-2H3. The summed E-state index contributed by atoms with van der Waals surface area (Å²) in [6.07, 6.45) is 0. The van der Waals surface area contributed by atoms with E-state index in [-0.39, 0.29) is 6.04 Å². The van der Waals surface area contributed by atoms with Crippen molar-refractivity contribution in [3.63, 3.8) is 0 Å². The first-order valence-corrected chi connectivity index (χ1v) is 3.06. The van der Waals surface area contributed by atoms with Crippen molar-refractivity contribution >= 4 is 6.47 Å². The minimum absolute atomic E-state index is 0.0928. The SMILES string of the molecule is CNC(COC)COC=O. The Morgan fingerprint density at radius 1 is 1.60 bits per heavy atom. The van der Waals surface area contributed by atoms with E-state index in [0.717, 1.165) is 0 Å². The number of likely N-dealkylation sites (N-methyl/N-ethyl adjacent to an activating group) is 1. The van der Waals surface area contributed by atoms with Crippen molar-refractivity contribution < 1.29 is 14.3 Å². The molecule has 0 radical (unpaired) electrons. The maximum absolute atomic E-state index is 9.74. The summed E-state index contributed by atoms with van der Waals surface area (Å²) in [5, 5.41) is 2.93. The zero-order chi connectivity index (χ0) is 7.82. The first-order chi connectivity index (χ1) is 4.85. The molecular formula is C6H13NO3. The van der Waals surface area contributed by atoms with Crippen LogP contribution in [0.3, 0.4) is 0 Å².